The monoisotopic (exact) mass is 319 g/mol. The van der Waals surface area contributed by atoms with Crippen molar-refractivity contribution in [3.05, 3.63) is 60.4 Å². The lowest BCUT2D eigenvalue weighted by Gasteiger charge is -2.10. The van der Waals surface area contributed by atoms with Crippen LogP contribution in [-0.4, -0.2) is 22.4 Å². The van der Waals surface area contributed by atoms with Gasteiger partial charge in [0.05, 0.1) is 16.8 Å². The number of rotatable bonds is 6. The summed E-state index contributed by atoms with van der Waals surface area (Å²) in [7, 11) is 0. The summed E-state index contributed by atoms with van der Waals surface area (Å²) in [5.74, 6) is -0.0464. The summed E-state index contributed by atoms with van der Waals surface area (Å²) in [4.78, 5) is 21.5. The number of benzene rings is 1. The summed E-state index contributed by atoms with van der Waals surface area (Å²) in [5, 5.41) is 3.90. The molecule has 2 aromatic heterocycles. The molecule has 24 heavy (non-hydrogen) atoms. The number of nitrogens with one attached hydrogen (secondary N) is 1. The molecule has 1 amide bonds. The Hall–Kier alpha value is -2.75. The Kier molecular flexibility index (Phi) is 5.16. The molecule has 0 atom stereocenters. The molecule has 1 N–H and O–H groups in total. The number of carbonyl (C=O) groups is 1. The molecular formula is C20H21N3O. The Labute approximate surface area is 142 Å². The number of hydrogen-bond donors (Lipinski definition) is 1. The largest absolute Gasteiger partial charge is 0.352 e. The summed E-state index contributed by atoms with van der Waals surface area (Å²) < 4.78 is 0. The van der Waals surface area contributed by atoms with Gasteiger partial charge in [0, 0.05) is 29.9 Å². The van der Waals surface area contributed by atoms with E-state index in [1.54, 1.807) is 12.4 Å². The lowest BCUT2D eigenvalue weighted by atomic mass is 10.0. The second-order valence-electron chi connectivity index (χ2n) is 5.78. The standard InChI is InChI=1S/C20H21N3O/c1-2-3-6-12-22-20(24)17-13-19(15-8-7-11-21-14-15)23-18-10-5-4-9-16(17)18/h4-5,7-11,13-14H,2-3,6,12H2,1H3,(H,22,24). The molecule has 1 aromatic carbocycles. The second kappa shape index (κ2) is 7.68. The summed E-state index contributed by atoms with van der Waals surface area (Å²) in [6, 6.07) is 13.4. The normalized spacial score (nSPS) is 10.7. The van der Waals surface area contributed by atoms with Crippen LogP contribution in [0.25, 0.3) is 22.2 Å². The maximum Gasteiger partial charge on any atom is 0.252 e. The molecule has 122 valence electrons. The Bertz CT molecular complexity index is 831. The highest BCUT2D eigenvalue weighted by atomic mass is 16.1. The lowest BCUT2D eigenvalue weighted by Crippen LogP contribution is -2.24. The van der Waals surface area contributed by atoms with E-state index in [1.165, 1.54) is 0 Å². The first-order chi connectivity index (χ1) is 11.8. The fourth-order valence-electron chi connectivity index (χ4n) is 2.70. The van der Waals surface area contributed by atoms with Crippen molar-refractivity contribution in [1.82, 2.24) is 15.3 Å². The van der Waals surface area contributed by atoms with Crippen molar-refractivity contribution in [2.75, 3.05) is 6.54 Å². The molecule has 0 radical (unpaired) electrons. The van der Waals surface area contributed by atoms with Gasteiger partial charge < -0.3 is 5.32 Å². The van der Waals surface area contributed by atoms with Crippen LogP contribution in [0.4, 0.5) is 0 Å². The molecule has 0 aliphatic rings. The molecule has 0 saturated carbocycles. The van der Waals surface area contributed by atoms with Gasteiger partial charge in [-0.05, 0) is 30.7 Å². The SMILES string of the molecule is CCCCCNC(=O)c1cc(-c2cccnc2)nc2ccccc12. The van der Waals surface area contributed by atoms with Gasteiger partial charge in [-0.2, -0.15) is 0 Å². The lowest BCUT2D eigenvalue weighted by molar-refractivity contribution is 0.0954. The van der Waals surface area contributed by atoms with E-state index in [2.05, 4.69) is 22.2 Å². The van der Waals surface area contributed by atoms with Gasteiger partial charge in [-0.1, -0.05) is 38.0 Å². The third-order valence-electron chi connectivity index (χ3n) is 3.98. The average Bonchev–Trinajstić information content (AvgIpc) is 2.65. The number of hydrogen-bond acceptors (Lipinski definition) is 3. The molecule has 0 aliphatic heterocycles. The maximum absolute atomic E-state index is 12.7. The van der Waals surface area contributed by atoms with E-state index < -0.39 is 0 Å². The molecule has 4 heteroatoms. The third kappa shape index (κ3) is 3.59. The average molecular weight is 319 g/mol. The van der Waals surface area contributed by atoms with Gasteiger partial charge in [0.2, 0.25) is 0 Å². The van der Waals surface area contributed by atoms with E-state index in [0.29, 0.717) is 12.1 Å². The van der Waals surface area contributed by atoms with Gasteiger partial charge >= 0.3 is 0 Å². The molecule has 4 nitrogen and oxygen atoms in total. The topological polar surface area (TPSA) is 54.9 Å². The predicted octanol–water partition coefficient (Wildman–Crippen LogP) is 4.22. The van der Waals surface area contributed by atoms with Gasteiger partial charge in [-0.3, -0.25) is 9.78 Å². The highest BCUT2D eigenvalue weighted by molar-refractivity contribution is 6.07. The zero-order valence-electron chi connectivity index (χ0n) is 13.8. The molecule has 0 unspecified atom stereocenters. The van der Waals surface area contributed by atoms with Crippen LogP contribution in [0.1, 0.15) is 36.5 Å². The van der Waals surface area contributed by atoms with Crippen molar-refractivity contribution in [2.45, 2.75) is 26.2 Å². The minimum Gasteiger partial charge on any atom is -0.352 e. The highest BCUT2D eigenvalue weighted by Crippen LogP contribution is 2.24. The molecular weight excluding hydrogens is 298 g/mol. The summed E-state index contributed by atoms with van der Waals surface area (Å²) in [6.45, 7) is 2.85. The van der Waals surface area contributed by atoms with Crippen molar-refractivity contribution in [3.8, 4) is 11.3 Å². The van der Waals surface area contributed by atoms with Gasteiger partial charge in [-0.15, -0.1) is 0 Å². The fraction of sp³-hybridized carbons (Fsp3) is 0.250. The highest BCUT2D eigenvalue weighted by Gasteiger charge is 2.13. The van der Waals surface area contributed by atoms with Crippen LogP contribution in [-0.2, 0) is 0 Å². The van der Waals surface area contributed by atoms with E-state index in [1.807, 2.05) is 42.5 Å². The first kappa shape index (κ1) is 16.1. The van der Waals surface area contributed by atoms with Crippen LogP contribution < -0.4 is 5.32 Å². The molecule has 0 spiro atoms. The van der Waals surface area contributed by atoms with Crippen molar-refractivity contribution in [3.63, 3.8) is 0 Å². The maximum atomic E-state index is 12.7. The number of aromatic nitrogens is 2. The molecule has 2 heterocycles. The van der Waals surface area contributed by atoms with Crippen LogP contribution in [0.2, 0.25) is 0 Å². The number of amides is 1. The molecule has 0 saturated heterocycles. The van der Waals surface area contributed by atoms with Crippen LogP contribution in [0.5, 0.6) is 0 Å². The number of nitrogens with zero attached hydrogens (tertiary/aromatic N) is 2. The first-order valence-electron chi connectivity index (χ1n) is 8.38. The zero-order valence-corrected chi connectivity index (χ0v) is 13.8. The summed E-state index contributed by atoms with van der Waals surface area (Å²) in [6.07, 6.45) is 6.75. The number of pyridine rings is 2. The molecule has 0 fully saturated rings. The van der Waals surface area contributed by atoms with Crippen molar-refractivity contribution in [1.29, 1.82) is 0 Å². The quantitative estimate of drug-likeness (QED) is 0.692. The van der Waals surface area contributed by atoms with E-state index in [0.717, 1.165) is 41.4 Å². The summed E-state index contributed by atoms with van der Waals surface area (Å²) >= 11 is 0. The van der Waals surface area contributed by atoms with Gasteiger partial charge in [0.25, 0.3) is 5.91 Å². The molecule has 0 aliphatic carbocycles. The number of para-hydroxylation sites is 1. The number of carbonyl (C=O) groups excluding carboxylic acids is 1. The predicted molar refractivity (Wildman–Crippen MR) is 96.8 cm³/mol. The minimum absolute atomic E-state index is 0.0464. The smallest absolute Gasteiger partial charge is 0.252 e. The molecule has 3 rings (SSSR count). The second-order valence-corrected chi connectivity index (χ2v) is 5.78. The van der Waals surface area contributed by atoms with E-state index in [-0.39, 0.29) is 5.91 Å². The number of fused-ring (bicyclic) bond motifs is 1. The van der Waals surface area contributed by atoms with E-state index in [9.17, 15) is 4.79 Å². The Morgan fingerprint density at radius 1 is 1.12 bits per heavy atom. The van der Waals surface area contributed by atoms with Crippen LogP contribution in [0, 0.1) is 0 Å². The van der Waals surface area contributed by atoms with Gasteiger partial charge in [0.15, 0.2) is 0 Å². The van der Waals surface area contributed by atoms with Crippen molar-refractivity contribution in [2.24, 2.45) is 0 Å². The van der Waals surface area contributed by atoms with Crippen LogP contribution >= 0.6 is 0 Å². The third-order valence-corrected chi connectivity index (χ3v) is 3.98. The van der Waals surface area contributed by atoms with Gasteiger partial charge in [-0.25, -0.2) is 4.98 Å². The summed E-state index contributed by atoms with van der Waals surface area (Å²) in [5.41, 5.74) is 3.15. The van der Waals surface area contributed by atoms with Gasteiger partial charge in [0.1, 0.15) is 0 Å². The Morgan fingerprint density at radius 3 is 2.79 bits per heavy atom. The molecule has 3 aromatic rings. The Balaban J connectivity index is 1.97. The van der Waals surface area contributed by atoms with Crippen molar-refractivity contribution >= 4 is 16.8 Å². The van der Waals surface area contributed by atoms with E-state index in [4.69, 9.17) is 0 Å². The molecule has 0 bridgehead atoms. The fourth-order valence-corrected chi connectivity index (χ4v) is 2.70. The van der Waals surface area contributed by atoms with Crippen LogP contribution in [0.3, 0.4) is 0 Å². The van der Waals surface area contributed by atoms with Crippen LogP contribution in [0.15, 0.2) is 54.9 Å². The minimum atomic E-state index is -0.0464. The van der Waals surface area contributed by atoms with E-state index >= 15 is 0 Å². The number of unbranched alkanes of at least 4 members (excludes halogenated alkanes) is 2. The first-order valence-corrected chi connectivity index (χ1v) is 8.38. The van der Waals surface area contributed by atoms with Crippen molar-refractivity contribution < 1.29 is 4.79 Å². The Morgan fingerprint density at radius 2 is 2.00 bits per heavy atom. The zero-order chi connectivity index (χ0) is 16.8.